The number of benzene rings is 2. The molecule has 2 aromatic carbocycles. The van der Waals surface area contributed by atoms with Crippen LogP contribution in [0.3, 0.4) is 0 Å². The standard InChI is InChI=1S/C30H35N3O4/c1-3-5-7-11-14-25-28-27(30(35)32(25)19-6-4-2)26(22-15-17-23(18-16-22)33(36)37)29(34)24(31-28)20-21-12-9-8-10-13-21/h8-10,12-13,15-18,25,34H,3-7,11,14,19-20H2,1-2H3. The van der Waals surface area contributed by atoms with Gasteiger partial charge in [0, 0.05) is 30.7 Å². The summed E-state index contributed by atoms with van der Waals surface area (Å²) in [4.78, 5) is 31.5. The highest BCUT2D eigenvalue weighted by Gasteiger charge is 2.41. The molecule has 0 saturated heterocycles. The Morgan fingerprint density at radius 3 is 2.30 bits per heavy atom. The van der Waals surface area contributed by atoms with Crippen molar-refractivity contribution in [2.75, 3.05) is 6.54 Å². The van der Waals surface area contributed by atoms with Crippen molar-refractivity contribution in [3.05, 3.63) is 87.2 Å². The molecule has 1 aromatic heterocycles. The van der Waals surface area contributed by atoms with Crippen molar-refractivity contribution in [1.82, 2.24) is 9.88 Å². The van der Waals surface area contributed by atoms with Gasteiger partial charge in [0.2, 0.25) is 0 Å². The number of nitrogens with zero attached hydrogens (tertiary/aromatic N) is 3. The molecule has 1 unspecified atom stereocenters. The Morgan fingerprint density at radius 1 is 0.946 bits per heavy atom. The van der Waals surface area contributed by atoms with E-state index in [1.165, 1.54) is 12.1 Å². The molecule has 37 heavy (non-hydrogen) atoms. The van der Waals surface area contributed by atoms with Gasteiger partial charge in [-0.05, 0) is 36.1 Å². The first kappa shape index (κ1) is 26.3. The van der Waals surface area contributed by atoms with Crippen LogP contribution in [0.15, 0.2) is 54.6 Å². The molecule has 0 radical (unpaired) electrons. The monoisotopic (exact) mass is 501 g/mol. The average Bonchev–Trinajstić information content (AvgIpc) is 3.16. The minimum Gasteiger partial charge on any atom is -0.505 e. The van der Waals surface area contributed by atoms with Crippen LogP contribution < -0.4 is 0 Å². The molecule has 7 nitrogen and oxygen atoms in total. The summed E-state index contributed by atoms with van der Waals surface area (Å²) in [6.07, 6.45) is 7.49. The number of nitro benzene ring substituents is 1. The van der Waals surface area contributed by atoms with Crippen LogP contribution in [0.25, 0.3) is 11.1 Å². The number of carbonyl (C=O) groups is 1. The molecule has 0 spiro atoms. The van der Waals surface area contributed by atoms with Gasteiger partial charge >= 0.3 is 0 Å². The van der Waals surface area contributed by atoms with Gasteiger partial charge in [-0.1, -0.05) is 76.3 Å². The third kappa shape index (κ3) is 5.66. The minimum absolute atomic E-state index is 0.0353. The predicted molar refractivity (Wildman–Crippen MR) is 145 cm³/mol. The zero-order valence-corrected chi connectivity index (χ0v) is 21.7. The zero-order valence-electron chi connectivity index (χ0n) is 21.7. The number of non-ortho nitro benzene ring substituents is 1. The van der Waals surface area contributed by atoms with E-state index in [0.717, 1.165) is 56.2 Å². The normalized spacial score (nSPS) is 14.7. The molecule has 0 bridgehead atoms. The van der Waals surface area contributed by atoms with E-state index in [0.29, 0.717) is 35.3 Å². The maximum Gasteiger partial charge on any atom is 0.269 e. The molecular formula is C30H35N3O4. The summed E-state index contributed by atoms with van der Waals surface area (Å²) in [5.74, 6) is -0.154. The summed E-state index contributed by atoms with van der Waals surface area (Å²) in [7, 11) is 0. The van der Waals surface area contributed by atoms with E-state index in [2.05, 4.69) is 13.8 Å². The van der Waals surface area contributed by atoms with Gasteiger partial charge in [0.1, 0.15) is 5.75 Å². The molecule has 2 heterocycles. The number of fused-ring (bicyclic) bond motifs is 1. The highest BCUT2D eigenvalue weighted by Crippen LogP contribution is 2.46. The number of pyridine rings is 1. The highest BCUT2D eigenvalue weighted by atomic mass is 16.6. The number of carbonyl (C=O) groups excluding carboxylic acids is 1. The fourth-order valence-electron chi connectivity index (χ4n) is 5.12. The molecule has 194 valence electrons. The van der Waals surface area contributed by atoms with Crippen molar-refractivity contribution < 1.29 is 14.8 Å². The second-order valence-corrected chi connectivity index (χ2v) is 9.73. The lowest BCUT2D eigenvalue weighted by Gasteiger charge is -2.25. The summed E-state index contributed by atoms with van der Waals surface area (Å²) in [5, 5.41) is 22.7. The minimum atomic E-state index is -0.453. The maximum absolute atomic E-state index is 13.9. The second-order valence-electron chi connectivity index (χ2n) is 9.73. The number of unbranched alkanes of at least 4 members (excludes halogenated alkanes) is 4. The van der Waals surface area contributed by atoms with Gasteiger partial charge in [-0.3, -0.25) is 19.9 Å². The quantitative estimate of drug-likeness (QED) is 0.160. The van der Waals surface area contributed by atoms with E-state index in [4.69, 9.17) is 4.98 Å². The Kier molecular flexibility index (Phi) is 8.54. The molecule has 3 aromatic rings. The van der Waals surface area contributed by atoms with Crippen LogP contribution in [0.2, 0.25) is 0 Å². The predicted octanol–water partition coefficient (Wildman–Crippen LogP) is 7.22. The van der Waals surface area contributed by atoms with Crippen LogP contribution in [0.5, 0.6) is 5.75 Å². The van der Waals surface area contributed by atoms with Gasteiger partial charge in [-0.15, -0.1) is 0 Å². The van der Waals surface area contributed by atoms with Gasteiger partial charge in [0.15, 0.2) is 0 Å². The molecule has 4 rings (SSSR count). The van der Waals surface area contributed by atoms with Crippen LogP contribution in [-0.4, -0.2) is 32.4 Å². The first-order valence-corrected chi connectivity index (χ1v) is 13.3. The number of amides is 1. The molecule has 7 heteroatoms. The Morgan fingerprint density at radius 2 is 1.65 bits per heavy atom. The van der Waals surface area contributed by atoms with E-state index >= 15 is 0 Å². The van der Waals surface area contributed by atoms with Crippen LogP contribution in [0.1, 0.15) is 92.1 Å². The lowest BCUT2D eigenvalue weighted by atomic mass is 9.93. The first-order valence-electron chi connectivity index (χ1n) is 13.3. The molecule has 1 aliphatic rings. The van der Waals surface area contributed by atoms with Crippen LogP contribution in [0.4, 0.5) is 5.69 Å². The second kappa shape index (κ2) is 12.0. The first-order chi connectivity index (χ1) is 18.0. The van der Waals surface area contributed by atoms with Crippen molar-refractivity contribution in [1.29, 1.82) is 0 Å². The number of hydrogen-bond acceptors (Lipinski definition) is 5. The zero-order chi connectivity index (χ0) is 26.4. The molecule has 1 N–H and O–H groups in total. The molecule has 0 saturated carbocycles. The highest BCUT2D eigenvalue weighted by molar-refractivity contribution is 6.06. The van der Waals surface area contributed by atoms with E-state index in [1.54, 1.807) is 12.1 Å². The van der Waals surface area contributed by atoms with E-state index in [9.17, 15) is 20.0 Å². The van der Waals surface area contributed by atoms with Crippen molar-refractivity contribution in [3.63, 3.8) is 0 Å². The number of hydrogen-bond donors (Lipinski definition) is 1. The molecular weight excluding hydrogens is 466 g/mol. The number of aromatic nitrogens is 1. The molecule has 0 aliphatic carbocycles. The number of aromatic hydroxyl groups is 1. The van der Waals surface area contributed by atoms with Crippen LogP contribution >= 0.6 is 0 Å². The Hall–Kier alpha value is -3.74. The van der Waals surface area contributed by atoms with Gasteiger partial charge in [-0.25, -0.2) is 0 Å². The van der Waals surface area contributed by atoms with E-state index in [1.807, 2.05) is 35.2 Å². The maximum atomic E-state index is 13.9. The lowest BCUT2D eigenvalue weighted by molar-refractivity contribution is -0.384. The van der Waals surface area contributed by atoms with Crippen molar-refractivity contribution in [2.24, 2.45) is 0 Å². The molecule has 1 aliphatic heterocycles. The summed E-state index contributed by atoms with van der Waals surface area (Å²) >= 11 is 0. The third-order valence-electron chi connectivity index (χ3n) is 7.10. The summed E-state index contributed by atoms with van der Waals surface area (Å²) in [6, 6.07) is 15.7. The fraction of sp³-hybridized carbons (Fsp3) is 0.400. The van der Waals surface area contributed by atoms with Crippen molar-refractivity contribution >= 4 is 11.6 Å². The van der Waals surface area contributed by atoms with E-state index in [-0.39, 0.29) is 23.4 Å². The molecule has 1 atom stereocenters. The van der Waals surface area contributed by atoms with Gasteiger partial charge in [0.05, 0.1) is 27.9 Å². The third-order valence-corrected chi connectivity index (χ3v) is 7.10. The van der Waals surface area contributed by atoms with E-state index < -0.39 is 4.92 Å². The Balaban J connectivity index is 1.86. The number of rotatable bonds is 12. The van der Waals surface area contributed by atoms with Crippen LogP contribution in [0, 0.1) is 10.1 Å². The number of nitro groups is 1. The van der Waals surface area contributed by atoms with Crippen LogP contribution in [-0.2, 0) is 6.42 Å². The SMILES string of the molecule is CCCCCCC1c2nc(Cc3ccccc3)c(O)c(-c3ccc([N+](=O)[O-])cc3)c2C(=O)N1CCCC. The van der Waals surface area contributed by atoms with Gasteiger partial charge in [-0.2, -0.15) is 0 Å². The average molecular weight is 502 g/mol. The van der Waals surface area contributed by atoms with Gasteiger partial charge in [0.25, 0.3) is 11.6 Å². The topological polar surface area (TPSA) is 96.6 Å². The summed E-state index contributed by atoms with van der Waals surface area (Å²) < 4.78 is 0. The van der Waals surface area contributed by atoms with Gasteiger partial charge < -0.3 is 10.0 Å². The van der Waals surface area contributed by atoms with Crippen molar-refractivity contribution in [3.8, 4) is 16.9 Å². The summed E-state index contributed by atoms with van der Waals surface area (Å²) in [6.45, 7) is 4.92. The smallest absolute Gasteiger partial charge is 0.269 e. The van der Waals surface area contributed by atoms with Crippen molar-refractivity contribution in [2.45, 2.75) is 71.3 Å². The lowest BCUT2D eigenvalue weighted by Crippen LogP contribution is -2.29. The summed E-state index contributed by atoms with van der Waals surface area (Å²) in [5.41, 5.74) is 3.63. The molecule has 0 fully saturated rings. The Bertz CT molecular complexity index is 1240. The molecule has 1 amide bonds. The Labute approximate surface area is 218 Å². The fourth-order valence-corrected chi connectivity index (χ4v) is 5.12. The largest absolute Gasteiger partial charge is 0.505 e.